The van der Waals surface area contributed by atoms with Crippen molar-refractivity contribution < 1.29 is 18.7 Å². The van der Waals surface area contributed by atoms with Gasteiger partial charge in [-0.3, -0.25) is 4.79 Å². The van der Waals surface area contributed by atoms with Gasteiger partial charge in [0.15, 0.2) is 0 Å². The number of hydrogen-bond donors (Lipinski definition) is 1. The Bertz CT molecular complexity index is 1200. The van der Waals surface area contributed by atoms with E-state index in [9.17, 15) is 4.79 Å². The summed E-state index contributed by atoms with van der Waals surface area (Å²) >= 11 is 0. The molecule has 6 nitrogen and oxygen atoms in total. The van der Waals surface area contributed by atoms with Crippen molar-refractivity contribution in [1.29, 1.82) is 0 Å². The van der Waals surface area contributed by atoms with E-state index in [4.69, 9.17) is 14.5 Å². The van der Waals surface area contributed by atoms with E-state index < -0.39 is 11.8 Å². The second-order valence-electron chi connectivity index (χ2n) is 10.9. The monoisotopic (exact) mass is 481 g/mol. The van der Waals surface area contributed by atoms with Gasteiger partial charge in [-0.25, -0.2) is 9.37 Å². The maximum absolute atomic E-state index is 15.1. The maximum atomic E-state index is 15.1. The molecule has 1 aliphatic rings. The number of carbonyl (C=O) groups is 1. The fourth-order valence-corrected chi connectivity index (χ4v) is 5.49. The molecule has 0 amide bonds. The van der Waals surface area contributed by atoms with E-state index in [2.05, 4.69) is 30.7 Å². The smallest absolute Gasteiger partial charge is 0.310 e. The van der Waals surface area contributed by atoms with Crippen LogP contribution in [-0.2, 0) is 16.0 Å². The van der Waals surface area contributed by atoms with Gasteiger partial charge in [-0.05, 0) is 74.8 Å². The van der Waals surface area contributed by atoms with E-state index in [0.717, 1.165) is 36.2 Å². The number of hydrogen-bond acceptors (Lipinski definition) is 5. The number of carbonyl (C=O) groups excluding carboxylic acids is 1. The molecule has 0 radical (unpaired) electrons. The molecule has 0 saturated heterocycles. The Morgan fingerprint density at radius 2 is 1.94 bits per heavy atom. The van der Waals surface area contributed by atoms with Gasteiger partial charge in [0.05, 0.1) is 30.7 Å². The minimum absolute atomic E-state index is 0.101. The average molecular weight is 482 g/mol. The number of nitrogens with zero attached hydrogens (tertiary/aromatic N) is 2. The molecule has 2 atom stereocenters. The third kappa shape index (κ3) is 5.77. The first-order chi connectivity index (χ1) is 16.5. The standard InChI is InChI=1S/C28H36FN3O3/c1-17(2)35-22-9-7-20(8-10-22)30-27-31-24-12-19(13-26(33)34-6)23(29)14-25(24)32(27)21-11-18(3)15-28(4,5)16-21/h7-10,12,14,17-18,21H,11,13,15-16H2,1-6H3,(H,30,31). The van der Waals surface area contributed by atoms with Crippen molar-refractivity contribution in [3.05, 3.63) is 47.8 Å². The Morgan fingerprint density at radius 1 is 1.23 bits per heavy atom. The van der Waals surface area contributed by atoms with Gasteiger partial charge in [-0.1, -0.05) is 20.8 Å². The predicted molar refractivity (Wildman–Crippen MR) is 137 cm³/mol. The number of imidazole rings is 1. The lowest BCUT2D eigenvalue weighted by atomic mass is 9.70. The van der Waals surface area contributed by atoms with Gasteiger partial charge in [0.1, 0.15) is 11.6 Å². The highest BCUT2D eigenvalue weighted by Crippen LogP contribution is 2.46. The molecule has 1 N–H and O–H groups in total. The molecule has 3 aromatic rings. The van der Waals surface area contributed by atoms with E-state index in [1.165, 1.54) is 13.2 Å². The van der Waals surface area contributed by atoms with Crippen molar-refractivity contribution in [2.45, 2.75) is 72.4 Å². The first-order valence-corrected chi connectivity index (χ1v) is 12.4. The summed E-state index contributed by atoms with van der Waals surface area (Å²) in [5.41, 5.74) is 2.72. The van der Waals surface area contributed by atoms with Crippen LogP contribution < -0.4 is 10.1 Å². The lowest BCUT2D eigenvalue weighted by Gasteiger charge is -2.40. The molecule has 7 heteroatoms. The summed E-state index contributed by atoms with van der Waals surface area (Å²) < 4.78 is 27.7. The van der Waals surface area contributed by atoms with Crippen LogP contribution in [0.2, 0.25) is 0 Å². The third-order valence-electron chi connectivity index (χ3n) is 6.63. The molecule has 0 bridgehead atoms. The van der Waals surface area contributed by atoms with Crippen LogP contribution in [0.5, 0.6) is 5.75 Å². The van der Waals surface area contributed by atoms with Crippen LogP contribution in [-0.4, -0.2) is 28.7 Å². The van der Waals surface area contributed by atoms with Crippen LogP contribution in [0.3, 0.4) is 0 Å². The van der Waals surface area contributed by atoms with Crippen molar-refractivity contribution >= 4 is 28.6 Å². The number of methoxy groups -OCH3 is 1. The van der Waals surface area contributed by atoms with E-state index in [1.54, 1.807) is 6.07 Å². The number of fused-ring (bicyclic) bond motifs is 1. The molecule has 188 valence electrons. The molecule has 0 spiro atoms. The van der Waals surface area contributed by atoms with Gasteiger partial charge in [0.2, 0.25) is 5.95 Å². The van der Waals surface area contributed by atoms with Gasteiger partial charge in [0.25, 0.3) is 0 Å². The molecular formula is C28H36FN3O3. The molecule has 4 rings (SSSR count). The zero-order valence-electron chi connectivity index (χ0n) is 21.5. The summed E-state index contributed by atoms with van der Waals surface area (Å²) in [5.74, 6) is 1.12. The third-order valence-corrected chi connectivity index (χ3v) is 6.63. The molecule has 1 heterocycles. The molecule has 35 heavy (non-hydrogen) atoms. The van der Waals surface area contributed by atoms with Crippen LogP contribution >= 0.6 is 0 Å². The topological polar surface area (TPSA) is 65.4 Å². The van der Waals surface area contributed by atoms with Crippen LogP contribution in [0, 0.1) is 17.2 Å². The fourth-order valence-electron chi connectivity index (χ4n) is 5.49. The minimum atomic E-state index is -0.479. The highest BCUT2D eigenvalue weighted by Gasteiger charge is 2.35. The number of halogens is 1. The molecule has 1 aromatic heterocycles. The lowest BCUT2D eigenvalue weighted by Crippen LogP contribution is -2.29. The Labute approximate surface area is 206 Å². The Kier molecular flexibility index (Phi) is 7.06. The quantitative estimate of drug-likeness (QED) is 0.376. The summed E-state index contributed by atoms with van der Waals surface area (Å²) in [6.07, 6.45) is 3.11. The van der Waals surface area contributed by atoms with Crippen LogP contribution in [0.1, 0.15) is 65.5 Å². The van der Waals surface area contributed by atoms with Crippen molar-refractivity contribution in [3.8, 4) is 5.75 Å². The zero-order valence-corrected chi connectivity index (χ0v) is 21.5. The predicted octanol–water partition coefficient (Wildman–Crippen LogP) is 6.81. The lowest BCUT2D eigenvalue weighted by molar-refractivity contribution is -0.139. The van der Waals surface area contributed by atoms with Gasteiger partial charge in [-0.15, -0.1) is 0 Å². The van der Waals surface area contributed by atoms with Gasteiger partial charge in [0, 0.05) is 23.4 Å². The van der Waals surface area contributed by atoms with Crippen molar-refractivity contribution in [3.63, 3.8) is 0 Å². The molecule has 1 saturated carbocycles. The summed E-state index contributed by atoms with van der Waals surface area (Å²) in [4.78, 5) is 16.7. The second-order valence-corrected chi connectivity index (χ2v) is 10.9. The molecule has 0 aliphatic heterocycles. The SMILES string of the molecule is COC(=O)Cc1cc2nc(Nc3ccc(OC(C)C)cc3)n(C3CC(C)CC(C)(C)C3)c2cc1F. The Balaban J connectivity index is 1.76. The van der Waals surface area contributed by atoms with E-state index in [1.807, 2.05) is 38.1 Å². The number of ether oxygens (including phenoxy) is 2. The average Bonchev–Trinajstić information content (AvgIpc) is 3.10. The van der Waals surface area contributed by atoms with E-state index in [0.29, 0.717) is 17.4 Å². The maximum Gasteiger partial charge on any atom is 0.310 e. The van der Waals surface area contributed by atoms with Crippen molar-refractivity contribution in [1.82, 2.24) is 9.55 Å². The summed E-state index contributed by atoms with van der Waals surface area (Å²) in [6.45, 7) is 10.9. The normalized spacial score (nSPS) is 19.7. The van der Waals surface area contributed by atoms with Crippen molar-refractivity contribution in [2.24, 2.45) is 11.3 Å². The van der Waals surface area contributed by atoms with Crippen LogP contribution in [0.15, 0.2) is 36.4 Å². The first kappa shape index (κ1) is 25.0. The number of esters is 1. The minimum Gasteiger partial charge on any atom is -0.491 e. The number of nitrogens with one attached hydrogen (secondary N) is 1. The van der Waals surface area contributed by atoms with Gasteiger partial charge < -0.3 is 19.4 Å². The van der Waals surface area contributed by atoms with E-state index in [-0.39, 0.29) is 29.5 Å². The molecule has 1 fully saturated rings. The second kappa shape index (κ2) is 9.88. The van der Waals surface area contributed by atoms with Gasteiger partial charge >= 0.3 is 5.97 Å². The number of benzene rings is 2. The molecule has 2 unspecified atom stereocenters. The molecule has 2 aromatic carbocycles. The largest absolute Gasteiger partial charge is 0.491 e. The summed E-state index contributed by atoms with van der Waals surface area (Å²) in [6, 6.07) is 11.1. The number of rotatable bonds is 7. The highest BCUT2D eigenvalue weighted by atomic mass is 19.1. The number of aromatic nitrogens is 2. The fraction of sp³-hybridized carbons (Fsp3) is 0.500. The van der Waals surface area contributed by atoms with Crippen LogP contribution in [0.4, 0.5) is 16.0 Å². The Hall–Kier alpha value is -3.09. The molecule has 1 aliphatic carbocycles. The first-order valence-electron chi connectivity index (χ1n) is 12.4. The highest BCUT2D eigenvalue weighted by molar-refractivity contribution is 5.82. The van der Waals surface area contributed by atoms with Crippen LogP contribution in [0.25, 0.3) is 11.0 Å². The van der Waals surface area contributed by atoms with Gasteiger partial charge in [-0.2, -0.15) is 0 Å². The summed E-state index contributed by atoms with van der Waals surface area (Å²) in [7, 11) is 1.30. The van der Waals surface area contributed by atoms with Crippen molar-refractivity contribution in [2.75, 3.05) is 12.4 Å². The zero-order chi connectivity index (χ0) is 25.3. The summed E-state index contributed by atoms with van der Waals surface area (Å²) in [5, 5.41) is 3.46. The molecular weight excluding hydrogens is 445 g/mol. The Morgan fingerprint density at radius 3 is 2.57 bits per heavy atom. The number of anilines is 2. The van der Waals surface area contributed by atoms with E-state index >= 15 is 4.39 Å².